The molecule has 0 spiro atoms. The predicted octanol–water partition coefficient (Wildman–Crippen LogP) is 2.77. The fraction of sp³-hybridized carbons (Fsp3) is 0.250. The second kappa shape index (κ2) is 3.77. The molecule has 66 valence electrons. The highest BCUT2D eigenvalue weighted by Gasteiger charge is 2.20. The van der Waals surface area contributed by atoms with E-state index in [-0.39, 0.29) is 0 Å². The van der Waals surface area contributed by atoms with Crippen LogP contribution in [0.5, 0.6) is 5.75 Å². The van der Waals surface area contributed by atoms with Crippen molar-refractivity contribution in [1.29, 1.82) is 0 Å². The second-order valence-corrected chi connectivity index (χ2v) is 5.57. The molecule has 0 aliphatic heterocycles. The zero-order chi connectivity index (χ0) is 9.19. The summed E-state index contributed by atoms with van der Waals surface area (Å²) in [6.45, 7) is 1.90. The molecule has 0 amide bonds. The van der Waals surface area contributed by atoms with Crippen LogP contribution in [0.1, 0.15) is 5.56 Å². The summed E-state index contributed by atoms with van der Waals surface area (Å²) in [7, 11) is 0. The van der Waals surface area contributed by atoms with Gasteiger partial charge in [-0.1, -0.05) is 18.2 Å². The van der Waals surface area contributed by atoms with Crippen molar-refractivity contribution in [1.82, 2.24) is 0 Å². The van der Waals surface area contributed by atoms with Gasteiger partial charge in [0.1, 0.15) is 5.75 Å². The molecule has 0 aliphatic carbocycles. The van der Waals surface area contributed by atoms with Gasteiger partial charge in [-0.05, 0) is 18.6 Å². The summed E-state index contributed by atoms with van der Waals surface area (Å²) in [6, 6.07) is 7.43. The molecular formula is C8H8Br2O2. The third kappa shape index (κ3) is 3.13. The Labute approximate surface area is 87.8 Å². The quantitative estimate of drug-likeness (QED) is 0.671. The van der Waals surface area contributed by atoms with E-state index in [0.29, 0.717) is 5.75 Å². The fourth-order valence-electron chi connectivity index (χ4n) is 0.803. The van der Waals surface area contributed by atoms with Gasteiger partial charge in [-0.3, -0.25) is 0 Å². The lowest BCUT2D eigenvalue weighted by atomic mass is 10.2. The molecule has 0 bridgehead atoms. The van der Waals surface area contributed by atoms with E-state index >= 15 is 0 Å². The molecule has 0 fully saturated rings. The van der Waals surface area contributed by atoms with E-state index in [4.69, 9.17) is 4.74 Å². The first-order valence-corrected chi connectivity index (χ1v) is 4.92. The number of ether oxygens (including phenoxy) is 1. The van der Waals surface area contributed by atoms with Crippen LogP contribution >= 0.6 is 31.9 Å². The van der Waals surface area contributed by atoms with Crippen LogP contribution in [0.2, 0.25) is 0 Å². The summed E-state index contributed by atoms with van der Waals surface area (Å²) in [6.07, 6.45) is 0. The molecule has 0 aromatic heterocycles. The maximum atomic E-state index is 9.21. The molecule has 1 aromatic rings. The number of benzene rings is 1. The van der Waals surface area contributed by atoms with Gasteiger partial charge in [0, 0.05) is 31.9 Å². The number of hydrogen-bond donors (Lipinski definition) is 1. The maximum Gasteiger partial charge on any atom is 0.324 e. The number of para-hydroxylation sites is 1. The molecule has 0 aliphatic rings. The molecule has 0 saturated carbocycles. The van der Waals surface area contributed by atoms with E-state index in [2.05, 4.69) is 31.9 Å². The van der Waals surface area contributed by atoms with Crippen molar-refractivity contribution in [3.63, 3.8) is 0 Å². The van der Waals surface area contributed by atoms with Crippen molar-refractivity contribution in [3.8, 4) is 5.75 Å². The Bertz CT molecular complexity index is 268. The molecule has 4 heteroatoms. The Kier molecular flexibility index (Phi) is 3.15. The van der Waals surface area contributed by atoms with E-state index in [1.54, 1.807) is 6.07 Å². The average molecular weight is 296 g/mol. The SMILES string of the molecule is Cc1ccccc1OC(O)(Br)Br. The number of halogens is 2. The lowest BCUT2D eigenvalue weighted by Gasteiger charge is -2.16. The molecule has 12 heavy (non-hydrogen) atoms. The van der Waals surface area contributed by atoms with Crippen molar-refractivity contribution in [2.24, 2.45) is 0 Å². The van der Waals surface area contributed by atoms with Crippen LogP contribution in [0.3, 0.4) is 0 Å². The van der Waals surface area contributed by atoms with Gasteiger partial charge in [0.05, 0.1) is 0 Å². The lowest BCUT2D eigenvalue weighted by Crippen LogP contribution is -2.19. The van der Waals surface area contributed by atoms with Gasteiger partial charge < -0.3 is 9.84 Å². The van der Waals surface area contributed by atoms with Gasteiger partial charge >= 0.3 is 3.61 Å². The van der Waals surface area contributed by atoms with E-state index < -0.39 is 3.61 Å². The van der Waals surface area contributed by atoms with Gasteiger partial charge in [0.15, 0.2) is 0 Å². The number of alkyl halides is 2. The van der Waals surface area contributed by atoms with Crippen molar-refractivity contribution in [2.45, 2.75) is 10.5 Å². The first-order chi connectivity index (χ1) is 5.49. The Morgan fingerprint density at radius 2 is 1.92 bits per heavy atom. The Balaban J connectivity index is 2.83. The summed E-state index contributed by atoms with van der Waals surface area (Å²) in [5.74, 6) is 0.633. The highest BCUT2D eigenvalue weighted by atomic mass is 79.9. The highest BCUT2D eigenvalue weighted by molar-refractivity contribution is 9.25. The van der Waals surface area contributed by atoms with Gasteiger partial charge in [-0.25, -0.2) is 0 Å². The molecular weight excluding hydrogens is 288 g/mol. The van der Waals surface area contributed by atoms with Crippen molar-refractivity contribution in [2.75, 3.05) is 0 Å². The topological polar surface area (TPSA) is 29.5 Å². The third-order valence-corrected chi connectivity index (χ3v) is 1.65. The van der Waals surface area contributed by atoms with Crippen LogP contribution in [0.4, 0.5) is 0 Å². The minimum absolute atomic E-state index is 0.633. The number of aliphatic hydroxyl groups is 1. The van der Waals surface area contributed by atoms with Gasteiger partial charge in [0.25, 0.3) is 0 Å². The van der Waals surface area contributed by atoms with Crippen LogP contribution < -0.4 is 4.74 Å². The van der Waals surface area contributed by atoms with E-state index in [9.17, 15) is 5.11 Å². The van der Waals surface area contributed by atoms with Gasteiger partial charge in [-0.15, -0.1) is 0 Å². The molecule has 1 N–H and O–H groups in total. The Hall–Kier alpha value is -0.0600. The van der Waals surface area contributed by atoms with E-state index in [1.165, 1.54) is 0 Å². The fourth-order valence-corrected chi connectivity index (χ4v) is 1.15. The number of rotatable bonds is 2. The van der Waals surface area contributed by atoms with Crippen LogP contribution in [-0.4, -0.2) is 8.71 Å². The standard InChI is InChI=1S/C8H8Br2O2/c1-6-4-2-3-5-7(6)12-8(9,10)11/h2-5,11H,1H3. The smallest absolute Gasteiger partial charge is 0.324 e. The number of aryl methyl sites for hydroxylation is 1. The highest BCUT2D eigenvalue weighted by Crippen LogP contribution is 2.28. The Morgan fingerprint density at radius 1 is 1.33 bits per heavy atom. The lowest BCUT2D eigenvalue weighted by molar-refractivity contribution is 0.0424. The van der Waals surface area contributed by atoms with E-state index in [1.807, 2.05) is 25.1 Å². The monoisotopic (exact) mass is 294 g/mol. The van der Waals surface area contributed by atoms with Crippen LogP contribution in [-0.2, 0) is 0 Å². The first-order valence-electron chi connectivity index (χ1n) is 3.34. The maximum absolute atomic E-state index is 9.21. The van der Waals surface area contributed by atoms with Crippen LogP contribution in [0, 0.1) is 6.92 Å². The molecule has 1 rings (SSSR count). The molecule has 2 nitrogen and oxygen atoms in total. The van der Waals surface area contributed by atoms with Crippen LogP contribution in [0.25, 0.3) is 0 Å². The summed E-state index contributed by atoms with van der Waals surface area (Å²) in [5.41, 5.74) is 0.967. The zero-order valence-corrected chi connectivity index (χ0v) is 9.59. The molecule has 0 atom stereocenters. The third-order valence-electron chi connectivity index (χ3n) is 1.33. The van der Waals surface area contributed by atoms with Gasteiger partial charge in [0.2, 0.25) is 0 Å². The minimum Gasteiger partial charge on any atom is -0.443 e. The largest absolute Gasteiger partial charge is 0.443 e. The molecule has 0 saturated heterocycles. The molecule has 0 unspecified atom stereocenters. The minimum atomic E-state index is -1.48. The van der Waals surface area contributed by atoms with E-state index in [0.717, 1.165) is 5.56 Å². The molecule has 0 radical (unpaired) electrons. The summed E-state index contributed by atoms with van der Waals surface area (Å²) >= 11 is 5.80. The second-order valence-electron chi connectivity index (χ2n) is 2.35. The average Bonchev–Trinajstić information content (AvgIpc) is 1.91. The zero-order valence-electron chi connectivity index (χ0n) is 6.42. The van der Waals surface area contributed by atoms with Crippen molar-refractivity contribution < 1.29 is 9.84 Å². The summed E-state index contributed by atoms with van der Waals surface area (Å²) < 4.78 is 3.64. The van der Waals surface area contributed by atoms with Crippen molar-refractivity contribution in [3.05, 3.63) is 29.8 Å². The number of hydrogen-bond acceptors (Lipinski definition) is 2. The van der Waals surface area contributed by atoms with Gasteiger partial charge in [-0.2, -0.15) is 0 Å². The molecule has 1 aromatic carbocycles. The van der Waals surface area contributed by atoms with Crippen molar-refractivity contribution >= 4 is 31.9 Å². The predicted molar refractivity (Wildman–Crippen MR) is 54.6 cm³/mol. The Morgan fingerprint density at radius 3 is 2.42 bits per heavy atom. The summed E-state index contributed by atoms with van der Waals surface area (Å²) in [4.78, 5) is 0. The van der Waals surface area contributed by atoms with Crippen LogP contribution in [0.15, 0.2) is 24.3 Å². The first kappa shape index (κ1) is 10.0. The molecule has 0 heterocycles. The normalized spacial score (nSPS) is 11.3. The summed E-state index contributed by atoms with van der Waals surface area (Å²) in [5, 5.41) is 9.21.